The van der Waals surface area contributed by atoms with Crippen LogP contribution in [-0.2, 0) is 4.79 Å². The Morgan fingerprint density at radius 3 is 2.88 bits per heavy atom. The summed E-state index contributed by atoms with van der Waals surface area (Å²) in [5.41, 5.74) is 0.835. The monoisotopic (exact) mass is 402 g/mol. The Bertz CT molecular complexity index is 691. The summed E-state index contributed by atoms with van der Waals surface area (Å²) in [7, 11) is 0. The molecular weight excluding hydrogens is 378 g/mol. The molecule has 2 heterocycles. The lowest BCUT2D eigenvalue weighted by Gasteiger charge is -2.28. The zero-order valence-electron chi connectivity index (χ0n) is 14.7. The van der Waals surface area contributed by atoms with E-state index in [0.717, 1.165) is 25.9 Å². The number of halogens is 3. The number of carbonyl (C=O) groups is 1. The SMILES string of the molecule is CC(CC(=O)Nc1ccc(-n2cccn2)c(F)c1)C1CCCNC1.Cl.Cl. The summed E-state index contributed by atoms with van der Waals surface area (Å²) in [4.78, 5) is 12.2. The summed E-state index contributed by atoms with van der Waals surface area (Å²) in [6.45, 7) is 4.15. The van der Waals surface area contributed by atoms with Crippen LogP contribution in [0.1, 0.15) is 26.2 Å². The average Bonchev–Trinajstić information content (AvgIpc) is 3.10. The maximum atomic E-state index is 14.2. The van der Waals surface area contributed by atoms with Gasteiger partial charge < -0.3 is 10.6 Å². The van der Waals surface area contributed by atoms with Gasteiger partial charge in [-0.3, -0.25) is 4.79 Å². The predicted molar refractivity (Wildman–Crippen MR) is 106 cm³/mol. The summed E-state index contributed by atoms with van der Waals surface area (Å²) in [6.07, 6.45) is 6.05. The van der Waals surface area contributed by atoms with Gasteiger partial charge in [-0.05, 0) is 62.0 Å². The van der Waals surface area contributed by atoms with Gasteiger partial charge in [-0.15, -0.1) is 24.8 Å². The van der Waals surface area contributed by atoms with Crippen molar-refractivity contribution in [2.75, 3.05) is 18.4 Å². The maximum Gasteiger partial charge on any atom is 0.224 e. The van der Waals surface area contributed by atoms with E-state index in [1.807, 2.05) is 0 Å². The standard InChI is InChI=1S/C18H23FN4O.2ClH/c1-13(14-4-2-7-20-12-14)10-18(24)22-15-5-6-17(16(19)11-15)23-9-3-8-21-23;;/h3,5-6,8-9,11,13-14,20H,2,4,7,10,12H2,1H3,(H,22,24);2*1H. The maximum absolute atomic E-state index is 14.2. The molecule has 2 aromatic rings. The smallest absolute Gasteiger partial charge is 0.224 e. The van der Waals surface area contributed by atoms with Crippen molar-refractivity contribution in [3.05, 3.63) is 42.5 Å². The van der Waals surface area contributed by atoms with Crippen LogP contribution in [0.2, 0.25) is 0 Å². The van der Waals surface area contributed by atoms with Crippen LogP contribution >= 0.6 is 24.8 Å². The number of anilines is 1. The second kappa shape index (κ2) is 10.5. The molecule has 1 aliphatic heterocycles. The normalized spacial score (nSPS) is 17.5. The van der Waals surface area contributed by atoms with Gasteiger partial charge in [0, 0.05) is 24.5 Å². The number of hydrogen-bond acceptors (Lipinski definition) is 3. The van der Waals surface area contributed by atoms with E-state index in [1.165, 1.54) is 10.7 Å². The molecule has 0 aliphatic carbocycles. The number of piperidine rings is 1. The number of aromatic nitrogens is 2. The van der Waals surface area contributed by atoms with E-state index in [2.05, 4.69) is 22.7 Å². The molecule has 3 rings (SSSR count). The molecule has 0 saturated carbocycles. The van der Waals surface area contributed by atoms with Crippen LogP contribution in [-0.4, -0.2) is 28.8 Å². The first-order valence-corrected chi connectivity index (χ1v) is 8.43. The highest BCUT2D eigenvalue weighted by Gasteiger charge is 2.22. The first-order chi connectivity index (χ1) is 11.6. The minimum atomic E-state index is -0.416. The van der Waals surface area contributed by atoms with Crippen LogP contribution in [0, 0.1) is 17.7 Å². The van der Waals surface area contributed by atoms with Gasteiger partial charge in [-0.25, -0.2) is 9.07 Å². The molecule has 1 aromatic carbocycles. The van der Waals surface area contributed by atoms with E-state index >= 15 is 0 Å². The fourth-order valence-electron chi connectivity index (χ4n) is 3.22. The number of nitrogens with zero attached hydrogens (tertiary/aromatic N) is 2. The molecule has 1 saturated heterocycles. The topological polar surface area (TPSA) is 59.0 Å². The van der Waals surface area contributed by atoms with Gasteiger partial charge in [0.2, 0.25) is 5.91 Å². The van der Waals surface area contributed by atoms with E-state index in [4.69, 9.17) is 0 Å². The van der Waals surface area contributed by atoms with Gasteiger partial charge in [0.05, 0.1) is 0 Å². The summed E-state index contributed by atoms with van der Waals surface area (Å²) in [6, 6.07) is 6.38. The second-order valence-corrected chi connectivity index (χ2v) is 6.45. The van der Waals surface area contributed by atoms with Crippen LogP contribution in [0.5, 0.6) is 0 Å². The van der Waals surface area contributed by atoms with Crippen molar-refractivity contribution in [2.45, 2.75) is 26.2 Å². The van der Waals surface area contributed by atoms with E-state index in [-0.39, 0.29) is 30.7 Å². The quantitative estimate of drug-likeness (QED) is 0.798. The van der Waals surface area contributed by atoms with Crippen molar-refractivity contribution in [3.8, 4) is 5.69 Å². The molecule has 26 heavy (non-hydrogen) atoms. The highest BCUT2D eigenvalue weighted by Crippen LogP contribution is 2.23. The average molecular weight is 403 g/mol. The Morgan fingerprint density at radius 2 is 2.27 bits per heavy atom. The molecular formula is C18H25Cl2FN4O. The number of rotatable bonds is 5. The third-order valence-corrected chi connectivity index (χ3v) is 4.63. The van der Waals surface area contributed by atoms with E-state index in [0.29, 0.717) is 29.6 Å². The van der Waals surface area contributed by atoms with Gasteiger partial charge in [0.15, 0.2) is 5.82 Å². The number of carbonyl (C=O) groups excluding carboxylic acids is 1. The molecule has 0 bridgehead atoms. The third-order valence-electron chi connectivity index (χ3n) is 4.63. The summed E-state index contributed by atoms with van der Waals surface area (Å²) >= 11 is 0. The van der Waals surface area contributed by atoms with Crippen LogP contribution < -0.4 is 10.6 Å². The predicted octanol–water partition coefficient (Wildman–Crippen LogP) is 3.82. The van der Waals surface area contributed by atoms with Crippen LogP contribution in [0.4, 0.5) is 10.1 Å². The molecule has 2 unspecified atom stereocenters. The lowest BCUT2D eigenvalue weighted by Crippen LogP contribution is -2.34. The molecule has 1 aromatic heterocycles. The van der Waals surface area contributed by atoms with Crippen LogP contribution in [0.15, 0.2) is 36.7 Å². The molecule has 5 nitrogen and oxygen atoms in total. The molecule has 1 fully saturated rings. The Hall–Kier alpha value is -1.63. The zero-order valence-corrected chi connectivity index (χ0v) is 16.3. The first-order valence-electron chi connectivity index (χ1n) is 8.43. The minimum Gasteiger partial charge on any atom is -0.326 e. The summed E-state index contributed by atoms with van der Waals surface area (Å²) < 4.78 is 15.7. The van der Waals surface area contributed by atoms with Crippen LogP contribution in [0.25, 0.3) is 5.69 Å². The number of hydrogen-bond donors (Lipinski definition) is 2. The first kappa shape index (κ1) is 22.4. The lowest BCUT2D eigenvalue weighted by atomic mass is 9.85. The van der Waals surface area contributed by atoms with Gasteiger partial charge in [-0.1, -0.05) is 6.92 Å². The summed E-state index contributed by atoms with van der Waals surface area (Å²) in [5.74, 6) is 0.356. The number of amides is 1. The molecule has 2 atom stereocenters. The van der Waals surface area contributed by atoms with Crippen LogP contribution in [0.3, 0.4) is 0 Å². The molecule has 2 N–H and O–H groups in total. The van der Waals surface area contributed by atoms with Gasteiger partial charge in [-0.2, -0.15) is 5.10 Å². The fraction of sp³-hybridized carbons (Fsp3) is 0.444. The molecule has 8 heteroatoms. The van der Waals surface area contributed by atoms with Crippen molar-refractivity contribution < 1.29 is 9.18 Å². The van der Waals surface area contributed by atoms with E-state index < -0.39 is 5.82 Å². The Labute approximate surface area is 165 Å². The van der Waals surface area contributed by atoms with Crippen molar-refractivity contribution in [2.24, 2.45) is 11.8 Å². The lowest BCUT2D eigenvalue weighted by molar-refractivity contribution is -0.117. The Morgan fingerprint density at radius 1 is 1.46 bits per heavy atom. The molecule has 144 valence electrons. The largest absolute Gasteiger partial charge is 0.326 e. The minimum absolute atomic E-state index is 0. The Balaban J connectivity index is 0.00000169. The van der Waals surface area contributed by atoms with Crippen molar-refractivity contribution in [1.29, 1.82) is 0 Å². The van der Waals surface area contributed by atoms with Crippen molar-refractivity contribution >= 4 is 36.4 Å². The Kier molecular flexibility index (Phi) is 9.05. The van der Waals surface area contributed by atoms with Crippen molar-refractivity contribution in [3.63, 3.8) is 0 Å². The number of benzene rings is 1. The fourth-order valence-corrected chi connectivity index (χ4v) is 3.22. The molecule has 0 spiro atoms. The highest BCUT2D eigenvalue weighted by atomic mass is 35.5. The highest BCUT2D eigenvalue weighted by molar-refractivity contribution is 5.91. The molecule has 1 aliphatic rings. The zero-order chi connectivity index (χ0) is 16.9. The van der Waals surface area contributed by atoms with Gasteiger partial charge >= 0.3 is 0 Å². The van der Waals surface area contributed by atoms with Crippen molar-refractivity contribution in [1.82, 2.24) is 15.1 Å². The second-order valence-electron chi connectivity index (χ2n) is 6.45. The summed E-state index contributed by atoms with van der Waals surface area (Å²) in [5, 5.41) is 10.2. The van der Waals surface area contributed by atoms with Gasteiger partial charge in [0.1, 0.15) is 5.69 Å². The number of nitrogens with one attached hydrogen (secondary N) is 2. The third kappa shape index (κ3) is 5.69. The van der Waals surface area contributed by atoms with E-state index in [1.54, 1.807) is 30.6 Å². The molecule has 1 amide bonds. The van der Waals surface area contributed by atoms with Gasteiger partial charge in [0.25, 0.3) is 0 Å². The molecule has 0 radical (unpaired) electrons. The van der Waals surface area contributed by atoms with E-state index in [9.17, 15) is 9.18 Å².